The summed E-state index contributed by atoms with van der Waals surface area (Å²) in [6.07, 6.45) is 0. The Hall–Kier alpha value is -3.68. The zero-order valence-electron chi connectivity index (χ0n) is 17.8. The summed E-state index contributed by atoms with van der Waals surface area (Å²) >= 11 is 0. The summed E-state index contributed by atoms with van der Waals surface area (Å²) < 4.78 is 7.40. The van der Waals surface area contributed by atoms with Gasteiger partial charge in [-0.05, 0) is 38.1 Å². The first kappa shape index (κ1) is 19.3. The SMILES string of the molecule is COc1ccccc1C(=O)N1CCN(c2nc3ccccc3c3nnc(C)n23)CC1C. The molecule has 0 N–H and O–H groups in total. The number of carbonyl (C=O) groups excluding carboxylic acids is 1. The largest absolute Gasteiger partial charge is 0.496 e. The highest BCUT2D eigenvalue weighted by Crippen LogP contribution is 2.27. The first-order valence-electron chi connectivity index (χ1n) is 10.4. The quantitative estimate of drug-likeness (QED) is 0.511. The lowest BCUT2D eigenvalue weighted by Gasteiger charge is -2.40. The van der Waals surface area contributed by atoms with Gasteiger partial charge in [-0.2, -0.15) is 0 Å². The smallest absolute Gasteiger partial charge is 0.257 e. The van der Waals surface area contributed by atoms with Crippen LogP contribution in [0.2, 0.25) is 0 Å². The van der Waals surface area contributed by atoms with Crippen molar-refractivity contribution in [3.63, 3.8) is 0 Å². The Morgan fingerprint density at radius 1 is 1.06 bits per heavy atom. The summed E-state index contributed by atoms with van der Waals surface area (Å²) in [6, 6.07) is 15.3. The molecule has 1 amide bonds. The summed E-state index contributed by atoms with van der Waals surface area (Å²) in [6.45, 7) is 5.93. The second-order valence-corrected chi connectivity index (χ2v) is 7.83. The van der Waals surface area contributed by atoms with Gasteiger partial charge < -0.3 is 14.5 Å². The van der Waals surface area contributed by atoms with Crippen molar-refractivity contribution in [2.75, 3.05) is 31.6 Å². The van der Waals surface area contributed by atoms with Crippen LogP contribution in [0.1, 0.15) is 23.1 Å². The van der Waals surface area contributed by atoms with Crippen LogP contribution in [0, 0.1) is 6.92 Å². The number of aromatic nitrogens is 4. The minimum Gasteiger partial charge on any atom is -0.496 e. The van der Waals surface area contributed by atoms with Gasteiger partial charge in [0.25, 0.3) is 5.91 Å². The minimum absolute atomic E-state index is 0.00580. The van der Waals surface area contributed by atoms with Gasteiger partial charge in [-0.25, -0.2) is 9.38 Å². The number of piperazine rings is 1. The fraction of sp³-hybridized carbons (Fsp3) is 0.304. The van der Waals surface area contributed by atoms with Crippen molar-refractivity contribution in [1.29, 1.82) is 0 Å². The van der Waals surface area contributed by atoms with Crippen LogP contribution in [-0.2, 0) is 0 Å². The van der Waals surface area contributed by atoms with Gasteiger partial charge in [0.1, 0.15) is 11.6 Å². The lowest BCUT2D eigenvalue weighted by molar-refractivity contribution is 0.0669. The number of aryl methyl sites for hydroxylation is 1. The second kappa shape index (κ2) is 7.54. The Kier molecular flexibility index (Phi) is 4.69. The zero-order chi connectivity index (χ0) is 21.5. The lowest BCUT2D eigenvalue weighted by atomic mass is 10.1. The monoisotopic (exact) mass is 416 g/mol. The molecule has 8 heteroatoms. The van der Waals surface area contributed by atoms with Crippen molar-refractivity contribution in [2.45, 2.75) is 19.9 Å². The molecule has 1 aliphatic rings. The van der Waals surface area contributed by atoms with Crippen LogP contribution >= 0.6 is 0 Å². The normalized spacial score (nSPS) is 16.8. The van der Waals surface area contributed by atoms with E-state index < -0.39 is 0 Å². The van der Waals surface area contributed by atoms with E-state index in [0.717, 1.165) is 28.3 Å². The summed E-state index contributed by atoms with van der Waals surface area (Å²) in [4.78, 5) is 22.3. The Bertz CT molecular complexity index is 1280. The molecule has 8 nitrogen and oxygen atoms in total. The number of hydrogen-bond donors (Lipinski definition) is 0. The molecule has 4 aromatic rings. The van der Waals surface area contributed by atoms with Crippen LogP contribution in [0.5, 0.6) is 5.75 Å². The van der Waals surface area contributed by atoms with Crippen molar-refractivity contribution < 1.29 is 9.53 Å². The molecule has 0 bridgehead atoms. The van der Waals surface area contributed by atoms with E-state index in [-0.39, 0.29) is 11.9 Å². The molecule has 1 atom stereocenters. The predicted octanol–water partition coefficient (Wildman–Crippen LogP) is 2.95. The van der Waals surface area contributed by atoms with Crippen LogP contribution in [-0.4, -0.2) is 63.2 Å². The van der Waals surface area contributed by atoms with Crippen LogP contribution < -0.4 is 9.64 Å². The predicted molar refractivity (Wildman–Crippen MR) is 119 cm³/mol. The number of para-hydroxylation sites is 2. The molecule has 5 rings (SSSR count). The van der Waals surface area contributed by atoms with Crippen molar-refractivity contribution in [3.05, 3.63) is 59.9 Å². The van der Waals surface area contributed by atoms with Crippen LogP contribution in [0.15, 0.2) is 48.5 Å². The number of nitrogens with zero attached hydrogens (tertiary/aromatic N) is 6. The highest BCUT2D eigenvalue weighted by Gasteiger charge is 2.31. The Morgan fingerprint density at radius 2 is 1.84 bits per heavy atom. The number of methoxy groups -OCH3 is 1. The maximum Gasteiger partial charge on any atom is 0.257 e. The van der Waals surface area contributed by atoms with Crippen LogP contribution in [0.25, 0.3) is 16.6 Å². The molecule has 158 valence electrons. The maximum atomic E-state index is 13.2. The highest BCUT2D eigenvalue weighted by atomic mass is 16.5. The van der Waals surface area contributed by atoms with Crippen LogP contribution in [0.3, 0.4) is 0 Å². The van der Waals surface area contributed by atoms with Crippen molar-refractivity contribution in [1.82, 2.24) is 24.5 Å². The molecule has 2 aromatic carbocycles. The molecular weight excluding hydrogens is 392 g/mol. The molecule has 1 aliphatic heterocycles. The van der Waals surface area contributed by atoms with E-state index in [2.05, 4.69) is 22.0 Å². The number of carbonyl (C=O) groups is 1. The van der Waals surface area contributed by atoms with Crippen molar-refractivity contribution >= 4 is 28.4 Å². The summed E-state index contributed by atoms with van der Waals surface area (Å²) in [5.74, 6) is 2.19. The Balaban J connectivity index is 1.47. The van der Waals surface area contributed by atoms with Gasteiger partial charge in [0, 0.05) is 31.1 Å². The third-order valence-electron chi connectivity index (χ3n) is 5.90. The molecule has 1 unspecified atom stereocenters. The average Bonchev–Trinajstić information content (AvgIpc) is 3.20. The van der Waals surface area contributed by atoms with E-state index >= 15 is 0 Å². The van der Waals surface area contributed by atoms with Crippen LogP contribution in [0.4, 0.5) is 5.95 Å². The van der Waals surface area contributed by atoms with Gasteiger partial charge in [-0.15, -0.1) is 10.2 Å². The van der Waals surface area contributed by atoms with Crippen molar-refractivity contribution in [2.24, 2.45) is 0 Å². The number of hydrogen-bond acceptors (Lipinski definition) is 6. The standard InChI is InChI=1S/C23H24N6O2/c1-15-14-27(12-13-28(15)22(30)18-9-5-7-11-20(18)31-3)23-24-19-10-6-4-8-17(19)21-26-25-16(2)29(21)23/h4-11,15H,12-14H2,1-3H3. The Morgan fingerprint density at radius 3 is 2.65 bits per heavy atom. The third kappa shape index (κ3) is 3.15. The molecule has 0 aliphatic carbocycles. The number of amides is 1. The second-order valence-electron chi connectivity index (χ2n) is 7.83. The van der Waals surface area contributed by atoms with E-state index in [0.29, 0.717) is 30.9 Å². The minimum atomic E-state index is -0.0123. The molecule has 31 heavy (non-hydrogen) atoms. The fourth-order valence-electron chi connectivity index (χ4n) is 4.32. The molecule has 0 saturated carbocycles. The molecule has 1 fully saturated rings. The van der Waals surface area contributed by atoms with E-state index in [1.165, 1.54) is 0 Å². The average molecular weight is 416 g/mol. The molecule has 3 heterocycles. The topological polar surface area (TPSA) is 75.9 Å². The lowest BCUT2D eigenvalue weighted by Crippen LogP contribution is -2.54. The fourth-order valence-corrected chi connectivity index (χ4v) is 4.32. The molecule has 2 aromatic heterocycles. The number of ether oxygens (including phenoxy) is 1. The number of fused-ring (bicyclic) bond motifs is 3. The van der Waals surface area contributed by atoms with E-state index in [1.54, 1.807) is 7.11 Å². The summed E-state index contributed by atoms with van der Waals surface area (Å²) in [5.41, 5.74) is 2.28. The molecule has 1 saturated heterocycles. The Labute approximate surface area is 180 Å². The van der Waals surface area contributed by atoms with Gasteiger partial charge in [0.05, 0.1) is 18.2 Å². The maximum absolute atomic E-state index is 13.2. The number of anilines is 1. The van der Waals surface area contributed by atoms with E-state index in [4.69, 9.17) is 9.72 Å². The van der Waals surface area contributed by atoms with Gasteiger partial charge >= 0.3 is 0 Å². The van der Waals surface area contributed by atoms with E-state index in [9.17, 15) is 4.79 Å². The van der Waals surface area contributed by atoms with Gasteiger partial charge in [-0.1, -0.05) is 24.3 Å². The van der Waals surface area contributed by atoms with Gasteiger partial charge in [-0.3, -0.25) is 4.79 Å². The summed E-state index contributed by atoms with van der Waals surface area (Å²) in [5, 5.41) is 9.66. The molecular formula is C23H24N6O2. The molecule has 0 spiro atoms. The zero-order valence-corrected chi connectivity index (χ0v) is 17.8. The van der Waals surface area contributed by atoms with Crippen molar-refractivity contribution in [3.8, 4) is 5.75 Å². The first-order valence-corrected chi connectivity index (χ1v) is 10.4. The van der Waals surface area contributed by atoms with Gasteiger partial charge in [0.2, 0.25) is 5.95 Å². The first-order chi connectivity index (χ1) is 15.1. The van der Waals surface area contributed by atoms with Gasteiger partial charge in [0.15, 0.2) is 5.65 Å². The number of benzene rings is 2. The molecule has 0 radical (unpaired) electrons. The highest BCUT2D eigenvalue weighted by molar-refractivity contribution is 5.97. The van der Waals surface area contributed by atoms with E-state index in [1.807, 2.05) is 64.8 Å². The summed E-state index contributed by atoms with van der Waals surface area (Å²) in [7, 11) is 1.59. The third-order valence-corrected chi connectivity index (χ3v) is 5.90. The number of rotatable bonds is 3.